The van der Waals surface area contributed by atoms with E-state index in [1.165, 1.54) is 31.2 Å². The molecule has 3 fully saturated rings. The predicted molar refractivity (Wildman–Crippen MR) is 107 cm³/mol. The zero-order chi connectivity index (χ0) is 18.3. The number of benzene rings is 1. The predicted octanol–water partition coefficient (Wildman–Crippen LogP) is 3.36. The number of aryl methyl sites for hydroxylation is 3. The Morgan fingerprint density at radius 1 is 1.04 bits per heavy atom. The molecule has 4 rings (SSSR count). The maximum absolute atomic E-state index is 12.5. The first kappa shape index (κ1) is 18.0. The highest BCUT2D eigenvalue weighted by Gasteiger charge is 2.42. The third kappa shape index (κ3) is 3.67. The molecule has 1 heterocycles. The van der Waals surface area contributed by atoms with Crippen LogP contribution in [0.15, 0.2) is 12.1 Å². The van der Waals surface area contributed by atoms with Crippen molar-refractivity contribution in [2.45, 2.75) is 52.5 Å². The Balaban J connectivity index is 1.27. The van der Waals surface area contributed by atoms with Crippen molar-refractivity contribution in [2.75, 3.05) is 38.0 Å². The number of hydrogen-bond donors (Lipinski definition) is 1. The van der Waals surface area contributed by atoms with E-state index < -0.39 is 0 Å². The molecule has 1 aliphatic heterocycles. The van der Waals surface area contributed by atoms with Crippen LogP contribution in [0.1, 0.15) is 42.4 Å². The highest BCUT2D eigenvalue weighted by Crippen LogP contribution is 2.46. The lowest BCUT2D eigenvalue weighted by atomic mass is 9.93. The molecule has 1 amide bonds. The Kier molecular flexibility index (Phi) is 5.07. The van der Waals surface area contributed by atoms with Crippen LogP contribution in [0.3, 0.4) is 0 Å². The van der Waals surface area contributed by atoms with Gasteiger partial charge in [-0.2, -0.15) is 0 Å². The number of fused-ring (bicyclic) bond motifs is 2. The molecule has 0 radical (unpaired) electrons. The number of nitrogens with zero attached hydrogens (tertiary/aromatic N) is 2. The van der Waals surface area contributed by atoms with Crippen molar-refractivity contribution in [3.05, 3.63) is 28.8 Å². The highest BCUT2D eigenvalue weighted by atomic mass is 16.2. The molecule has 3 unspecified atom stereocenters. The second-order valence-corrected chi connectivity index (χ2v) is 8.88. The first-order valence-corrected chi connectivity index (χ1v) is 10.3. The number of anilines is 1. The van der Waals surface area contributed by atoms with Crippen LogP contribution < -0.4 is 5.32 Å². The van der Waals surface area contributed by atoms with Gasteiger partial charge in [-0.05, 0) is 63.0 Å². The molecule has 3 atom stereocenters. The first-order chi connectivity index (χ1) is 12.5. The summed E-state index contributed by atoms with van der Waals surface area (Å²) in [7, 11) is 0. The molecule has 4 nitrogen and oxygen atoms in total. The molecule has 1 aromatic rings. The van der Waals surface area contributed by atoms with Crippen LogP contribution in [0.5, 0.6) is 0 Å². The standard InChI is InChI=1S/C22H33N3O/c1-15-10-16(2)22(17(3)11-15)23-21(26)14-24-6-8-25(9-7-24)20-13-18-4-5-19(20)12-18/h10-11,18-20H,4-9,12-14H2,1-3H3,(H,23,26). The van der Waals surface area contributed by atoms with E-state index in [1.807, 2.05) is 0 Å². The first-order valence-electron chi connectivity index (χ1n) is 10.3. The molecule has 1 saturated heterocycles. The Bertz CT molecular complexity index is 655. The van der Waals surface area contributed by atoms with Gasteiger partial charge in [-0.25, -0.2) is 0 Å². The summed E-state index contributed by atoms with van der Waals surface area (Å²) in [5.74, 6) is 2.09. The topological polar surface area (TPSA) is 35.6 Å². The van der Waals surface area contributed by atoms with Gasteiger partial charge in [0, 0.05) is 37.9 Å². The monoisotopic (exact) mass is 355 g/mol. The molecule has 0 spiro atoms. The van der Waals surface area contributed by atoms with Crippen LogP contribution >= 0.6 is 0 Å². The zero-order valence-corrected chi connectivity index (χ0v) is 16.6. The van der Waals surface area contributed by atoms with Crippen molar-refractivity contribution < 1.29 is 4.79 Å². The van der Waals surface area contributed by atoms with Gasteiger partial charge in [0.15, 0.2) is 0 Å². The van der Waals surface area contributed by atoms with Crippen molar-refractivity contribution in [1.29, 1.82) is 0 Å². The summed E-state index contributed by atoms with van der Waals surface area (Å²) < 4.78 is 0. The fourth-order valence-electron chi connectivity index (χ4n) is 5.67. The number of carbonyl (C=O) groups excluding carboxylic acids is 1. The lowest BCUT2D eigenvalue weighted by Crippen LogP contribution is -2.53. The third-order valence-electron chi connectivity index (χ3n) is 6.89. The van der Waals surface area contributed by atoms with Gasteiger partial charge in [0.05, 0.1) is 6.54 Å². The average Bonchev–Trinajstić information content (AvgIpc) is 3.22. The SMILES string of the molecule is Cc1cc(C)c(NC(=O)CN2CCN(C3CC4CCC3C4)CC2)c(C)c1. The molecule has 1 aromatic carbocycles. The van der Waals surface area contributed by atoms with Gasteiger partial charge in [0.2, 0.25) is 5.91 Å². The molecule has 2 aliphatic carbocycles. The van der Waals surface area contributed by atoms with Crippen molar-refractivity contribution in [3.8, 4) is 0 Å². The van der Waals surface area contributed by atoms with Crippen LogP contribution in [0.25, 0.3) is 0 Å². The van der Waals surface area contributed by atoms with Crippen LogP contribution in [-0.2, 0) is 4.79 Å². The molecule has 2 bridgehead atoms. The Morgan fingerprint density at radius 2 is 1.73 bits per heavy atom. The van der Waals surface area contributed by atoms with Gasteiger partial charge in [-0.3, -0.25) is 14.6 Å². The fourth-order valence-corrected chi connectivity index (χ4v) is 5.67. The van der Waals surface area contributed by atoms with Gasteiger partial charge in [-0.15, -0.1) is 0 Å². The number of hydrogen-bond acceptors (Lipinski definition) is 3. The maximum Gasteiger partial charge on any atom is 0.238 e. The highest BCUT2D eigenvalue weighted by molar-refractivity contribution is 5.93. The largest absolute Gasteiger partial charge is 0.324 e. The van der Waals surface area contributed by atoms with Gasteiger partial charge < -0.3 is 5.32 Å². The summed E-state index contributed by atoms with van der Waals surface area (Å²) in [4.78, 5) is 17.6. The molecule has 26 heavy (non-hydrogen) atoms. The summed E-state index contributed by atoms with van der Waals surface area (Å²) in [6.45, 7) is 11.1. The summed E-state index contributed by atoms with van der Waals surface area (Å²) in [5, 5.41) is 3.15. The molecule has 2 saturated carbocycles. The quantitative estimate of drug-likeness (QED) is 0.900. The minimum absolute atomic E-state index is 0.119. The molecular weight excluding hydrogens is 322 g/mol. The number of nitrogens with one attached hydrogen (secondary N) is 1. The molecule has 3 aliphatic rings. The Hall–Kier alpha value is -1.39. The molecule has 0 aromatic heterocycles. The molecular formula is C22H33N3O. The Morgan fingerprint density at radius 3 is 2.31 bits per heavy atom. The lowest BCUT2D eigenvalue weighted by Gasteiger charge is -2.40. The van der Waals surface area contributed by atoms with Gasteiger partial charge in [0.25, 0.3) is 0 Å². The Labute approximate surface area is 157 Å². The number of piperazine rings is 1. The van der Waals surface area contributed by atoms with Gasteiger partial charge >= 0.3 is 0 Å². The van der Waals surface area contributed by atoms with Gasteiger partial charge in [-0.1, -0.05) is 24.1 Å². The van der Waals surface area contributed by atoms with Crippen molar-refractivity contribution >= 4 is 11.6 Å². The minimum atomic E-state index is 0.119. The number of carbonyl (C=O) groups is 1. The molecule has 1 N–H and O–H groups in total. The number of amides is 1. The normalized spacial score (nSPS) is 29.3. The summed E-state index contributed by atoms with van der Waals surface area (Å²) in [6.07, 6.45) is 5.83. The van der Waals surface area contributed by atoms with Gasteiger partial charge in [0.1, 0.15) is 0 Å². The van der Waals surface area contributed by atoms with E-state index in [2.05, 4.69) is 48.0 Å². The third-order valence-corrected chi connectivity index (χ3v) is 6.89. The second-order valence-electron chi connectivity index (χ2n) is 8.88. The van der Waals surface area contributed by atoms with Crippen LogP contribution in [-0.4, -0.2) is 54.5 Å². The van der Waals surface area contributed by atoms with E-state index in [4.69, 9.17) is 0 Å². The number of rotatable bonds is 4. The molecule has 4 heteroatoms. The van der Waals surface area contributed by atoms with Crippen molar-refractivity contribution in [3.63, 3.8) is 0 Å². The van der Waals surface area contributed by atoms with E-state index in [-0.39, 0.29) is 5.91 Å². The average molecular weight is 356 g/mol. The van der Waals surface area contributed by atoms with Crippen LogP contribution in [0, 0.1) is 32.6 Å². The smallest absolute Gasteiger partial charge is 0.238 e. The fraction of sp³-hybridized carbons (Fsp3) is 0.682. The van der Waals surface area contributed by atoms with E-state index in [0.29, 0.717) is 6.54 Å². The van der Waals surface area contributed by atoms with E-state index in [0.717, 1.165) is 60.9 Å². The van der Waals surface area contributed by atoms with Crippen molar-refractivity contribution in [1.82, 2.24) is 9.80 Å². The second kappa shape index (κ2) is 7.32. The van der Waals surface area contributed by atoms with E-state index in [9.17, 15) is 4.79 Å². The van der Waals surface area contributed by atoms with Crippen LogP contribution in [0.4, 0.5) is 5.69 Å². The minimum Gasteiger partial charge on any atom is -0.324 e. The summed E-state index contributed by atoms with van der Waals surface area (Å²) in [6, 6.07) is 5.11. The van der Waals surface area contributed by atoms with Crippen LogP contribution in [0.2, 0.25) is 0 Å². The maximum atomic E-state index is 12.5. The van der Waals surface area contributed by atoms with Crippen molar-refractivity contribution in [2.24, 2.45) is 11.8 Å². The lowest BCUT2D eigenvalue weighted by molar-refractivity contribution is -0.117. The molecule has 142 valence electrons. The summed E-state index contributed by atoms with van der Waals surface area (Å²) >= 11 is 0. The van der Waals surface area contributed by atoms with E-state index in [1.54, 1.807) is 0 Å². The summed E-state index contributed by atoms with van der Waals surface area (Å²) in [5.41, 5.74) is 4.53. The zero-order valence-electron chi connectivity index (χ0n) is 16.6. The van der Waals surface area contributed by atoms with E-state index >= 15 is 0 Å².